The van der Waals surface area contributed by atoms with Gasteiger partial charge in [0.2, 0.25) is 5.91 Å². The molecule has 152 valence electrons. The number of benzene rings is 1. The fourth-order valence-electron chi connectivity index (χ4n) is 4.14. The molecule has 2 saturated heterocycles. The average molecular weight is 388 g/mol. The smallest absolute Gasteiger partial charge is 0.332 e. The molecule has 2 aliphatic rings. The Morgan fingerprint density at radius 2 is 1.64 bits per heavy atom. The Morgan fingerprint density at radius 1 is 1.00 bits per heavy atom. The van der Waals surface area contributed by atoms with E-state index in [4.69, 9.17) is 5.11 Å². The highest BCUT2D eigenvalue weighted by molar-refractivity contribution is 5.94. The highest BCUT2D eigenvalue weighted by Crippen LogP contribution is 2.25. The maximum Gasteiger partial charge on any atom is 0.332 e. The minimum Gasteiger partial charge on any atom is -0.479 e. The zero-order valence-corrected chi connectivity index (χ0v) is 16.2. The van der Waals surface area contributed by atoms with Gasteiger partial charge in [-0.1, -0.05) is 17.7 Å². The number of carbonyl (C=O) groups is 3. The second kappa shape index (κ2) is 8.73. The SMILES string of the molecule is Cc1ccc(C(=O)N2CCCC(C(=O)N3CCC(C(O)C(=O)O)CC3)C2)cc1. The highest BCUT2D eigenvalue weighted by atomic mass is 16.4. The summed E-state index contributed by atoms with van der Waals surface area (Å²) >= 11 is 0. The van der Waals surface area contributed by atoms with Crippen LogP contribution in [0.5, 0.6) is 0 Å². The van der Waals surface area contributed by atoms with Crippen molar-refractivity contribution in [3.63, 3.8) is 0 Å². The van der Waals surface area contributed by atoms with E-state index in [9.17, 15) is 19.5 Å². The topological polar surface area (TPSA) is 98.2 Å². The van der Waals surface area contributed by atoms with Crippen LogP contribution in [0.3, 0.4) is 0 Å². The van der Waals surface area contributed by atoms with E-state index in [1.165, 1.54) is 0 Å². The van der Waals surface area contributed by atoms with Crippen molar-refractivity contribution in [1.29, 1.82) is 0 Å². The van der Waals surface area contributed by atoms with E-state index in [1.807, 2.05) is 31.2 Å². The highest BCUT2D eigenvalue weighted by Gasteiger charge is 2.35. The van der Waals surface area contributed by atoms with Crippen LogP contribution in [0.4, 0.5) is 0 Å². The summed E-state index contributed by atoms with van der Waals surface area (Å²) in [6.45, 7) is 3.96. The molecule has 28 heavy (non-hydrogen) atoms. The summed E-state index contributed by atoms with van der Waals surface area (Å²) in [5.74, 6) is -1.75. The third-order valence-corrected chi connectivity index (χ3v) is 5.91. The van der Waals surface area contributed by atoms with Crippen molar-refractivity contribution < 1.29 is 24.6 Å². The summed E-state index contributed by atoms with van der Waals surface area (Å²) in [4.78, 5) is 40.1. The van der Waals surface area contributed by atoms with Gasteiger partial charge in [0.05, 0.1) is 5.92 Å². The van der Waals surface area contributed by atoms with Crippen LogP contribution in [-0.2, 0) is 9.59 Å². The molecule has 7 nitrogen and oxygen atoms in total. The molecule has 1 aromatic rings. The van der Waals surface area contributed by atoms with Crippen LogP contribution in [0, 0.1) is 18.8 Å². The van der Waals surface area contributed by atoms with Gasteiger partial charge >= 0.3 is 5.97 Å². The summed E-state index contributed by atoms with van der Waals surface area (Å²) in [5.41, 5.74) is 1.74. The number of carboxylic acid groups (broad SMARTS) is 1. The Hall–Kier alpha value is -2.41. The van der Waals surface area contributed by atoms with Crippen LogP contribution >= 0.6 is 0 Å². The fourth-order valence-corrected chi connectivity index (χ4v) is 4.14. The van der Waals surface area contributed by atoms with Gasteiger partial charge in [-0.3, -0.25) is 9.59 Å². The predicted molar refractivity (Wildman–Crippen MR) is 103 cm³/mol. The standard InChI is InChI=1S/C21H28N2O5/c1-14-4-6-16(7-5-14)19(25)23-10-2-3-17(13-23)20(26)22-11-8-15(9-12-22)18(24)21(27)28/h4-7,15,17-18,24H,2-3,8-13H2,1H3,(H,27,28). The third kappa shape index (κ3) is 4.52. The molecule has 2 unspecified atom stereocenters. The molecular weight excluding hydrogens is 360 g/mol. The van der Waals surface area contributed by atoms with Crippen molar-refractivity contribution in [2.24, 2.45) is 11.8 Å². The quantitative estimate of drug-likeness (QED) is 0.815. The number of aryl methyl sites for hydroxylation is 1. The molecule has 3 rings (SSSR count). The lowest BCUT2D eigenvalue weighted by Crippen LogP contribution is -2.49. The van der Waals surface area contributed by atoms with E-state index in [0.717, 1.165) is 18.4 Å². The summed E-state index contributed by atoms with van der Waals surface area (Å²) in [7, 11) is 0. The van der Waals surface area contributed by atoms with E-state index in [2.05, 4.69) is 0 Å². The van der Waals surface area contributed by atoms with Crippen molar-refractivity contribution in [2.45, 2.75) is 38.7 Å². The Kier molecular flexibility index (Phi) is 6.34. The van der Waals surface area contributed by atoms with Gasteiger partial charge in [-0.25, -0.2) is 4.79 Å². The first-order valence-electron chi connectivity index (χ1n) is 9.92. The van der Waals surface area contributed by atoms with Crippen molar-refractivity contribution in [2.75, 3.05) is 26.2 Å². The number of amides is 2. The number of carboxylic acids is 1. The number of hydrogen-bond donors (Lipinski definition) is 2. The number of likely N-dealkylation sites (tertiary alicyclic amines) is 2. The van der Waals surface area contributed by atoms with Crippen molar-refractivity contribution >= 4 is 17.8 Å². The van der Waals surface area contributed by atoms with Gasteiger partial charge in [-0.2, -0.15) is 0 Å². The molecule has 1 aromatic carbocycles. The van der Waals surface area contributed by atoms with Crippen LogP contribution < -0.4 is 0 Å². The third-order valence-electron chi connectivity index (χ3n) is 5.91. The van der Waals surface area contributed by atoms with E-state index in [0.29, 0.717) is 44.6 Å². The Labute approximate surface area is 164 Å². The second-order valence-electron chi connectivity index (χ2n) is 7.90. The number of rotatable bonds is 4. The minimum atomic E-state index is -1.37. The largest absolute Gasteiger partial charge is 0.479 e. The lowest BCUT2D eigenvalue weighted by Gasteiger charge is -2.38. The molecular formula is C21H28N2O5. The molecule has 7 heteroatoms. The normalized spacial score (nSPS) is 22.0. The number of carbonyl (C=O) groups excluding carboxylic acids is 2. The van der Waals surface area contributed by atoms with E-state index in [1.54, 1.807) is 9.80 Å². The lowest BCUT2D eigenvalue weighted by molar-refractivity contribution is -0.151. The first-order chi connectivity index (χ1) is 13.4. The van der Waals surface area contributed by atoms with E-state index >= 15 is 0 Å². The molecule has 0 radical (unpaired) electrons. The van der Waals surface area contributed by atoms with Gasteiger partial charge in [-0.05, 0) is 50.7 Å². The van der Waals surface area contributed by atoms with Gasteiger partial charge in [0, 0.05) is 31.7 Å². The average Bonchev–Trinajstić information content (AvgIpc) is 2.73. The van der Waals surface area contributed by atoms with Crippen LogP contribution in [0.15, 0.2) is 24.3 Å². The molecule has 0 spiro atoms. The Bertz CT molecular complexity index is 725. The molecule has 0 saturated carbocycles. The maximum atomic E-state index is 12.9. The van der Waals surface area contributed by atoms with Crippen molar-refractivity contribution in [3.05, 3.63) is 35.4 Å². The van der Waals surface area contributed by atoms with Crippen molar-refractivity contribution in [1.82, 2.24) is 9.80 Å². The minimum absolute atomic E-state index is 0.0321. The van der Waals surface area contributed by atoms with Crippen LogP contribution in [-0.4, -0.2) is 70.1 Å². The zero-order valence-electron chi connectivity index (χ0n) is 16.2. The zero-order chi connectivity index (χ0) is 20.3. The van der Waals surface area contributed by atoms with Crippen LogP contribution in [0.25, 0.3) is 0 Å². The molecule has 2 atom stereocenters. The Balaban J connectivity index is 1.57. The Morgan fingerprint density at radius 3 is 2.25 bits per heavy atom. The first kappa shape index (κ1) is 20.3. The fraction of sp³-hybridized carbons (Fsp3) is 0.571. The molecule has 0 aliphatic carbocycles. The first-order valence-corrected chi connectivity index (χ1v) is 9.92. The molecule has 0 aromatic heterocycles. The molecule has 0 bridgehead atoms. The summed E-state index contributed by atoms with van der Waals surface area (Å²) in [5, 5.41) is 18.6. The maximum absolute atomic E-state index is 12.9. The molecule has 2 heterocycles. The summed E-state index contributed by atoms with van der Waals surface area (Å²) in [6, 6.07) is 7.47. The number of aliphatic carboxylic acids is 1. The van der Waals surface area contributed by atoms with Gasteiger partial charge in [0.1, 0.15) is 0 Å². The molecule has 2 fully saturated rings. The number of aliphatic hydroxyl groups excluding tert-OH is 1. The summed E-state index contributed by atoms with van der Waals surface area (Å²) in [6.07, 6.45) is 1.15. The van der Waals surface area contributed by atoms with E-state index < -0.39 is 12.1 Å². The van der Waals surface area contributed by atoms with Gasteiger partial charge in [0.25, 0.3) is 5.91 Å². The monoisotopic (exact) mass is 388 g/mol. The van der Waals surface area contributed by atoms with Crippen LogP contribution in [0.1, 0.15) is 41.6 Å². The van der Waals surface area contributed by atoms with Crippen LogP contribution in [0.2, 0.25) is 0 Å². The number of hydrogen-bond acceptors (Lipinski definition) is 4. The molecule has 2 aliphatic heterocycles. The predicted octanol–water partition coefficient (Wildman–Crippen LogP) is 1.53. The van der Waals surface area contributed by atoms with Gasteiger partial charge < -0.3 is 20.0 Å². The molecule has 2 N–H and O–H groups in total. The number of aliphatic hydroxyl groups is 1. The lowest BCUT2D eigenvalue weighted by atomic mass is 9.89. The van der Waals surface area contributed by atoms with Gasteiger partial charge in [-0.15, -0.1) is 0 Å². The van der Waals surface area contributed by atoms with Crippen molar-refractivity contribution in [3.8, 4) is 0 Å². The van der Waals surface area contributed by atoms with E-state index in [-0.39, 0.29) is 23.7 Å². The summed E-state index contributed by atoms with van der Waals surface area (Å²) < 4.78 is 0. The number of nitrogens with zero attached hydrogens (tertiary/aromatic N) is 2. The molecule has 2 amide bonds. The second-order valence-corrected chi connectivity index (χ2v) is 7.90. The van der Waals surface area contributed by atoms with Gasteiger partial charge in [0.15, 0.2) is 6.10 Å². The number of piperidine rings is 2.